The van der Waals surface area contributed by atoms with Crippen molar-refractivity contribution in [1.29, 1.82) is 0 Å². The Balaban J connectivity index is 2.16. The number of benzene rings is 1. The first-order valence-electron chi connectivity index (χ1n) is 11.6. The average Bonchev–Trinajstić information content (AvgIpc) is 2.74. The van der Waals surface area contributed by atoms with Gasteiger partial charge < -0.3 is 0 Å². The molecule has 1 aromatic carbocycles. The zero-order valence-electron chi connectivity index (χ0n) is 18.4. The maximum absolute atomic E-state index is 5.53. The first kappa shape index (κ1) is 23.1. The second kappa shape index (κ2) is 12.4. The van der Waals surface area contributed by atoms with Gasteiger partial charge in [0, 0.05) is 0 Å². The van der Waals surface area contributed by atoms with Crippen molar-refractivity contribution in [3.8, 4) is 0 Å². The fourth-order valence-corrected chi connectivity index (χ4v) is 20.7. The van der Waals surface area contributed by atoms with Gasteiger partial charge in [-0.1, -0.05) is 0 Å². The van der Waals surface area contributed by atoms with Crippen molar-refractivity contribution in [2.75, 3.05) is 25.1 Å². The number of rotatable bonds is 12. The number of hydrogen-bond acceptors (Lipinski definition) is 2. The van der Waals surface area contributed by atoms with Gasteiger partial charge >= 0.3 is 173 Å². The Bertz CT molecular complexity index is 486. The fourth-order valence-electron chi connectivity index (χ4n) is 4.73. The summed E-state index contributed by atoms with van der Waals surface area (Å²) in [6, 6.07) is 9.99. The maximum atomic E-state index is 5.53. The molecule has 0 saturated carbocycles. The number of hydrogen-bond donors (Lipinski definition) is 0. The number of unbranched alkanes of at least 4 members (excludes halogenated alkanes) is 3. The molecule has 0 amide bonds. The fraction of sp³-hybridized carbons (Fsp3) is 0.750. The average molecular weight is 480 g/mol. The second-order valence-electron chi connectivity index (χ2n) is 8.56. The Morgan fingerprint density at radius 1 is 0.852 bits per heavy atom. The molecular formula is C24H43NOSn. The summed E-state index contributed by atoms with van der Waals surface area (Å²) >= 11 is -2.26. The molecule has 1 aromatic rings. The number of methoxy groups -OCH3 is 1. The number of piperidine rings is 1. The molecule has 0 unspecified atom stereocenters. The summed E-state index contributed by atoms with van der Waals surface area (Å²) in [7, 11) is 1.85. The molecule has 0 bridgehead atoms. The zero-order chi connectivity index (χ0) is 19.5. The van der Waals surface area contributed by atoms with E-state index in [0.29, 0.717) is 6.10 Å². The molecule has 0 aromatic heterocycles. The van der Waals surface area contributed by atoms with Crippen molar-refractivity contribution < 1.29 is 4.74 Å². The Hall–Kier alpha value is -0.221. The van der Waals surface area contributed by atoms with E-state index in [1.165, 1.54) is 44.2 Å². The molecule has 2 rings (SSSR count). The topological polar surface area (TPSA) is 12.5 Å². The first-order valence-corrected chi connectivity index (χ1v) is 19.1. The van der Waals surface area contributed by atoms with Gasteiger partial charge in [0.2, 0.25) is 0 Å². The van der Waals surface area contributed by atoms with Crippen molar-refractivity contribution in [3.05, 3.63) is 24.3 Å². The van der Waals surface area contributed by atoms with Gasteiger partial charge in [-0.3, -0.25) is 0 Å². The van der Waals surface area contributed by atoms with Gasteiger partial charge in [-0.05, 0) is 0 Å². The standard InChI is InChI=1S/C12H16NO.3C4H9.Sn/c1-14-12-7-9-13(10-8-12)11-5-3-2-4-6-11;3*1-3-4-2;/h3-6,12H,7-10H2,1H3;3*1,3-4H2,2H3;. The Kier molecular flexibility index (Phi) is 10.6. The van der Waals surface area contributed by atoms with E-state index in [-0.39, 0.29) is 0 Å². The predicted molar refractivity (Wildman–Crippen MR) is 123 cm³/mol. The Morgan fingerprint density at radius 3 is 1.74 bits per heavy atom. The molecule has 0 spiro atoms. The molecule has 1 aliphatic rings. The van der Waals surface area contributed by atoms with Crippen LogP contribution < -0.4 is 8.48 Å². The van der Waals surface area contributed by atoms with Gasteiger partial charge in [0.05, 0.1) is 0 Å². The van der Waals surface area contributed by atoms with Crippen LogP contribution in [0.25, 0.3) is 0 Å². The third-order valence-electron chi connectivity index (χ3n) is 6.65. The van der Waals surface area contributed by atoms with E-state index in [2.05, 4.69) is 49.9 Å². The minimum absolute atomic E-state index is 0.460. The van der Waals surface area contributed by atoms with E-state index in [9.17, 15) is 0 Å². The minimum atomic E-state index is -2.26. The van der Waals surface area contributed by atoms with Gasteiger partial charge in [0.1, 0.15) is 0 Å². The molecule has 1 fully saturated rings. The summed E-state index contributed by atoms with van der Waals surface area (Å²) in [4.78, 5) is 2.56. The van der Waals surface area contributed by atoms with Crippen LogP contribution in [0.3, 0.4) is 0 Å². The third kappa shape index (κ3) is 6.66. The molecule has 1 aliphatic heterocycles. The van der Waals surface area contributed by atoms with E-state index < -0.39 is 18.4 Å². The summed E-state index contributed by atoms with van der Waals surface area (Å²) in [6.07, 6.45) is 11.1. The third-order valence-corrected chi connectivity index (χ3v) is 22.3. The summed E-state index contributed by atoms with van der Waals surface area (Å²) in [5.74, 6) is 0. The van der Waals surface area contributed by atoms with Crippen LogP contribution in [0.15, 0.2) is 24.3 Å². The van der Waals surface area contributed by atoms with Gasteiger partial charge in [0.25, 0.3) is 0 Å². The molecule has 0 radical (unpaired) electrons. The van der Waals surface area contributed by atoms with Crippen molar-refractivity contribution in [2.24, 2.45) is 0 Å². The van der Waals surface area contributed by atoms with Crippen molar-refractivity contribution >= 4 is 27.6 Å². The monoisotopic (exact) mass is 481 g/mol. The van der Waals surface area contributed by atoms with Crippen LogP contribution in [-0.2, 0) is 4.74 Å². The van der Waals surface area contributed by atoms with Crippen molar-refractivity contribution in [3.63, 3.8) is 0 Å². The SMILES string of the molecule is CCC[CH2][Sn]([CH2]CCC)([CH2]CCC)[c]1ccc(N2CCC(OC)CC2)cc1. The molecule has 1 saturated heterocycles. The van der Waals surface area contributed by atoms with E-state index in [1.807, 2.05) is 7.11 Å². The quantitative estimate of drug-likeness (QED) is 0.323. The van der Waals surface area contributed by atoms with Gasteiger partial charge in [-0.2, -0.15) is 0 Å². The zero-order valence-corrected chi connectivity index (χ0v) is 21.3. The van der Waals surface area contributed by atoms with Crippen LogP contribution >= 0.6 is 0 Å². The number of nitrogens with zero attached hydrogens (tertiary/aromatic N) is 1. The van der Waals surface area contributed by atoms with Crippen LogP contribution in [0, 0.1) is 0 Å². The molecule has 27 heavy (non-hydrogen) atoms. The van der Waals surface area contributed by atoms with Crippen molar-refractivity contribution in [2.45, 2.75) is 91.6 Å². The first-order chi connectivity index (χ1) is 13.2. The molecule has 0 aliphatic carbocycles. The summed E-state index contributed by atoms with van der Waals surface area (Å²) in [5, 5.41) is 0. The normalized spacial score (nSPS) is 16.1. The van der Waals surface area contributed by atoms with E-state index in [4.69, 9.17) is 4.74 Å². The number of ether oxygens (including phenoxy) is 1. The van der Waals surface area contributed by atoms with E-state index in [0.717, 1.165) is 25.9 Å². The van der Waals surface area contributed by atoms with Crippen LogP contribution in [0.2, 0.25) is 13.3 Å². The summed E-state index contributed by atoms with van der Waals surface area (Å²) < 4.78 is 12.0. The Labute approximate surface area is 172 Å². The van der Waals surface area contributed by atoms with Crippen LogP contribution in [0.5, 0.6) is 0 Å². The number of anilines is 1. The van der Waals surface area contributed by atoms with Crippen LogP contribution in [0.4, 0.5) is 5.69 Å². The molecular weight excluding hydrogens is 437 g/mol. The second-order valence-corrected chi connectivity index (χ2v) is 21.8. The van der Waals surface area contributed by atoms with Crippen LogP contribution in [-0.4, -0.2) is 44.7 Å². The van der Waals surface area contributed by atoms with Crippen LogP contribution in [0.1, 0.15) is 72.1 Å². The summed E-state index contributed by atoms with van der Waals surface area (Å²) in [5.41, 5.74) is 1.43. The summed E-state index contributed by atoms with van der Waals surface area (Å²) in [6.45, 7) is 9.36. The predicted octanol–water partition coefficient (Wildman–Crippen LogP) is 6.36. The molecule has 1 heterocycles. The molecule has 154 valence electrons. The van der Waals surface area contributed by atoms with Gasteiger partial charge in [-0.25, -0.2) is 0 Å². The molecule has 0 N–H and O–H groups in total. The molecule has 0 atom stereocenters. The van der Waals surface area contributed by atoms with E-state index >= 15 is 0 Å². The molecule has 2 nitrogen and oxygen atoms in total. The molecule has 3 heteroatoms. The van der Waals surface area contributed by atoms with Gasteiger partial charge in [0.15, 0.2) is 0 Å². The van der Waals surface area contributed by atoms with Gasteiger partial charge in [-0.15, -0.1) is 0 Å². The van der Waals surface area contributed by atoms with Crippen molar-refractivity contribution in [1.82, 2.24) is 0 Å². The Morgan fingerprint density at radius 2 is 1.33 bits per heavy atom. The van der Waals surface area contributed by atoms with E-state index in [1.54, 1.807) is 16.9 Å².